The molecule has 0 radical (unpaired) electrons. The van der Waals surface area contributed by atoms with Gasteiger partial charge in [0.25, 0.3) is 5.91 Å². The van der Waals surface area contributed by atoms with Crippen molar-refractivity contribution in [1.82, 2.24) is 4.31 Å². The van der Waals surface area contributed by atoms with Crippen LogP contribution in [0, 0.1) is 13.8 Å². The summed E-state index contributed by atoms with van der Waals surface area (Å²) < 4.78 is 26.0. The van der Waals surface area contributed by atoms with Crippen LogP contribution in [0.2, 0.25) is 0 Å². The first-order chi connectivity index (χ1) is 11.1. The van der Waals surface area contributed by atoms with Gasteiger partial charge in [-0.3, -0.25) is 4.79 Å². The number of benzene rings is 2. The number of phenols is 1. The second kappa shape index (κ2) is 6.62. The number of nitrogens with zero attached hydrogens (tertiary/aromatic N) is 1. The molecule has 2 aromatic rings. The molecule has 2 aromatic carbocycles. The highest BCUT2D eigenvalue weighted by atomic mass is 32.2. The smallest absolute Gasteiger partial charge is 0.255 e. The van der Waals surface area contributed by atoms with Crippen LogP contribution in [0.5, 0.6) is 5.75 Å². The van der Waals surface area contributed by atoms with Gasteiger partial charge in [0.1, 0.15) is 5.75 Å². The van der Waals surface area contributed by atoms with Crippen LogP contribution in [-0.2, 0) is 10.0 Å². The van der Waals surface area contributed by atoms with E-state index in [1.807, 2.05) is 0 Å². The van der Waals surface area contributed by atoms with Crippen molar-refractivity contribution in [2.75, 3.05) is 19.4 Å². The van der Waals surface area contributed by atoms with E-state index in [-0.39, 0.29) is 21.9 Å². The third-order valence-electron chi connectivity index (χ3n) is 3.79. The second-order valence-electron chi connectivity index (χ2n) is 5.67. The summed E-state index contributed by atoms with van der Waals surface area (Å²) in [5, 5.41) is 12.3. The maximum Gasteiger partial charge on any atom is 0.255 e. The van der Waals surface area contributed by atoms with Crippen LogP contribution in [0.25, 0.3) is 0 Å². The molecule has 6 nitrogen and oxygen atoms in total. The number of hydrogen-bond acceptors (Lipinski definition) is 4. The Hall–Kier alpha value is -2.38. The molecule has 0 unspecified atom stereocenters. The van der Waals surface area contributed by atoms with E-state index in [1.165, 1.54) is 26.2 Å². The van der Waals surface area contributed by atoms with Crippen LogP contribution in [0.15, 0.2) is 41.3 Å². The predicted molar refractivity (Wildman–Crippen MR) is 92.8 cm³/mol. The third kappa shape index (κ3) is 3.42. The van der Waals surface area contributed by atoms with Crippen LogP contribution in [0.3, 0.4) is 0 Å². The summed E-state index contributed by atoms with van der Waals surface area (Å²) in [6, 6.07) is 9.32. The molecular weight excluding hydrogens is 328 g/mol. The van der Waals surface area contributed by atoms with Crippen LogP contribution in [0.1, 0.15) is 21.5 Å². The molecule has 24 heavy (non-hydrogen) atoms. The largest absolute Gasteiger partial charge is 0.506 e. The lowest BCUT2D eigenvalue weighted by Gasteiger charge is -2.16. The van der Waals surface area contributed by atoms with Gasteiger partial charge in [-0.05, 0) is 49.2 Å². The van der Waals surface area contributed by atoms with Crippen molar-refractivity contribution < 1.29 is 18.3 Å². The number of rotatable bonds is 4. The van der Waals surface area contributed by atoms with Gasteiger partial charge in [-0.2, -0.15) is 0 Å². The highest BCUT2D eigenvalue weighted by Crippen LogP contribution is 2.26. The molecule has 0 saturated carbocycles. The van der Waals surface area contributed by atoms with Crippen molar-refractivity contribution in [3.05, 3.63) is 53.1 Å². The first-order valence-electron chi connectivity index (χ1n) is 7.27. The van der Waals surface area contributed by atoms with Crippen LogP contribution in [-0.4, -0.2) is 37.8 Å². The maximum absolute atomic E-state index is 12.4. The fraction of sp³-hybridized carbons (Fsp3) is 0.235. The molecule has 0 heterocycles. The van der Waals surface area contributed by atoms with E-state index in [2.05, 4.69) is 5.32 Å². The Morgan fingerprint density at radius 3 is 2.33 bits per heavy atom. The minimum Gasteiger partial charge on any atom is -0.506 e. The molecule has 0 spiro atoms. The summed E-state index contributed by atoms with van der Waals surface area (Å²) in [5.74, 6) is -0.550. The molecule has 2 N–H and O–H groups in total. The first-order valence-corrected chi connectivity index (χ1v) is 8.71. The Morgan fingerprint density at radius 1 is 1.12 bits per heavy atom. The van der Waals surface area contributed by atoms with Crippen molar-refractivity contribution in [1.29, 1.82) is 0 Å². The summed E-state index contributed by atoms with van der Waals surface area (Å²) in [7, 11) is -0.777. The number of sulfonamides is 1. The lowest BCUT2D eigenvalue weighted by molar-refractivity contribution is 0.102. The Balaban J connectivity index is 2.47. The molecule has 2 rings (SSSR count). The minimum atomic E-state index is -3.66. The van der Waals surface area contributed by atoms with E-state index in [0.29, 0.717) is 11.1 Å². The fourth-order valence-electron chi connectivity index (χ4n) is 2.20. The van der Waals surface area contributed by atoms with Gasteiger partial charge in [-0.25, -0.2) is 12.7 Å². The van der Waals surface area contributed by atoms with E-state index in [1.54, 1.807) is 38.1 Å². The van der Waals surface area contributed by atoms with Gasteiger partial charge in [-0.15, -0.1) is 0 Å². The van der Waals surface area contributed by atoms with Crippen molar-refractivity contribution in [2.45, 2.75) is 18.7 Å². The fourth-order valence-corrected chi connectivity index (χ4v) is 3.41. The van der Waals surface area contributed by atoms with Gasteiger partial charge >= 0.3 is 0 Å². The highest BCUT2D eigenvalue weighted by molar-refractivity contribution is 7.89. The number of aromatic hydroxyl groups is 1. The third-order valence-corrected chi connectivity index (χ3v) is 5.73. The summed E-state index contributed by atoms with van der Waals surface area (Å²) in [5.41, 5.74) is 1.77. The average molecular weight is 348 g/mol. The zero-order chi connectivity index (χ0) is 18.1. The zero-order valence-corrected chi connectivity index (χ0v) is 14.8. The lowest BCUT2D eigenvalue weighted by Crippen LogP contribution is -2.24. The maximum atomic E-state index is 12.4. The van der Waals surface area contributed by atoms with E-state index in [9.17, 15) is 18.3 Å². The number of hydrogen-bond donors (Lipinski definition) is 2. The Bertz CT molecular complexity index is 889. The summed E-state index contributed by atoms with van der Waals surface area (Å²) >= 11 is 0. The monoisotopic (exact) mass is 348 g/mol. The number of phenolic OH excluding ortho intramolecular Hbond substituents is 1. The molecule has 0 bridgehead atoms. The Labute approximate surface area is 141 Å². The SMILES string of the molecule is Cc1cc(C(=O)Nc2ccccc2O)cc(S(=O)(=O)N(C)C)c1C. The molecule has 0 atom stereocenters. The number of anilines is 1. The standard InChI is InChI=1S/C17H20N2O4S/c1-11-9-13(10-16(12(11)2)24(22,23)19(3)4)17(21)18-14-7-5-6-8-15(14)20/h5-10,20H,1-4H3,(H,18,21). The van der Waals surface area contributed by atoms with Gasteiger partial charge in [-0.1, -0.05) is 12.1 Å². The van der Waals surface area contributed by atoms with Gasteiger partial charge in [0.15, 0.2) is 0 Å². The van der Waals surface area contributed by atoms with Crippen LogP contribution >= 0.6 is 0 Å². The quantitative estimate of drug-likeness (QED) is 0.831. The minimum absolute atomic E-state index is 0.0594. The molecule has 0 aromatic heterocycles. The zero-order valence-electron chi connectivity index (χ0n) is 14.0. The van der Waals surface area contributed by atoms with E-state index >= 15 is 0 Å². The molecular formula is C17H20N2O4S. The molecule has 0 fully saturated rings. The summed E-state index contributed by atoms with van der Waals surface area (Å²) in [6.45, 7) is 3.46. The van der Waals surface area contributed by atoms with Crippen molar-refractivity contribution >= 4 is 21.6 Å². The second-order valence-corrected chi connectivity index (χ2v) is 7.80. The summed E-state index contributed by atoms with van der Waals surface area (Å²) in [4.78, 5) is 12.5. The molecule has 1 amide bonds. The predicted octanol–water partition coefficient (Wildman–Crippen LogP) is 2.51. The van der Waals surface area contributed by atoms with Crippen LogP contribution < -0.4 is 5.32 Å². The number of carbonyl (C=O) groups is 1. The molecule has 128 valence electrons. The van der Waals surface area contributed by atoms with Crippen molar-refractivity contribution in [3.8, 4) is 5.75 Å². The Kier molecular flexibility index (Phi) is 4.96. The molecule has 0 saturated heterocycles. The van der Waals surface area contributed by atoms with Gasteiger partial charge in [0.05, 0.1) is 10.6 Å². The number of aryl methyl sites for hydroxylation is 1. The van der Waals surface area contributed by atoms with Gasteiger partial charge in [0, 0.05) is 19.7 Å². The van der Waals surface area contributed by atoms with Crippen molar-refractivity contribution in [3.63, 3.8) is 0 Å². The lowest BCUT2D eigenvalue weighted by atomic mass is 10.1. The Morgan fingerprint density at radius 2 is 1.75 bits per heavy atom. The number of carbonyl (C=O) groups excluding carboxylic acids is 1. The molecule has 0 aliphatic carbocycles. The highest BCUT2D eigenvalue weighted by Gasteiger charge is 2.23. The topological polar surface area (TPSA) is 86.7 Å². The van der Waals surface area contributed by atoms with E-state index in [4.69, 9.17) is 0 Å². The van der Waals surface area contributed by atoms with Gasteiger partial charge < -0.3 is 10.4 Å². The normalized spacial score (nSPS) is 11.5. The van der Waals surface area contributed by atoms with Crippen molar-refractivity contribution in [2.24, 2.45) is 0 Å². The molecule has 7 heteroatoms. The number of para-hydroxylation sites is 2. The number of amides is 1. The number of nitrogens with one attached hydrogen (secondary N) is 1. The molecule has 0 aliphatic rings. The average Bonchev–Trinajstić information content (AvgIpc) is 2.51. The summed E-state index contributed by atoms with van der Waals surface area (Å²) in [6.07, 6.45) is 0. The van der Waals surface area contributed by atoms with E-state index in [0.717, 1.165) is 4.31 Å². The van der Waals surface area contributed by atoms with Gasteiger partial charge in [0.2, 0.25) is 10.0 Å². The first kappa shape index (κ1) is 18.0. The van der Waals surface area contributed by atoms with E-state index < -0.39 is 15.9 Å². The van der Waals surface area contributed by atoms with Crippen LogP contribution in [0.4, 0.5) is 5.69 Å². The molecule has 0 aliphatic heterocycles.